The zero-order valence-electron chi connectivity index (χ0n) is 11.3. The summed E-state index contributed by atoms with van der Waals surface area (Å²) in [5.41, 5.74) is -1.50. The lowest BCUT2D eigenvalue weighted by molar-refractivity contribution is -0.323. The van der Waals surface area contributed by atoms with Gasteiger partial charge < -0.3 is 15.2 Å². The van der Waals surface area contributed by atoms with Crippen molar-refractivity contribution >= 4 is 11.9 Å². The van der Waals surface area contributed by atoms with Crippen molar-refractivity contribution in [2.45, 2.75) is 53.5 Å². The van der Waals surface area contributed by atoms with E-state index in [1.54, 1.807) is 6.92 Å². The van der Waals surface area contributed by atoms with E-state index in [0.29, 0.717) is 12.8 Å². The molecule has 1 rings (SSSR count). The van der Waals surface area contributed by atoms with Crippen molar-refractivity contribution in [2.24, 2.45) is 16.7 Å². The van der Waals surface area contributed by atoms with Crippen LogP contribution in [0.15, 0.2) is 0 Å². The van der Waals surface area contributed by atoms with E-state index in [0.717, 1.165) is 0 Å². The topological polar surface area (TPSA) is 69.2 Å². The van der Waals surface area contributed by atoms with Crippen LogP contribution in [0, 0.1) is 16.7 Å². The first kappa shape index (κ1) is 14.0. The molecule has 1 aliphatic rings. The maximum atomic E-state index is 12.1. The molecule has 1 fully saturated rings. The number of aliphatic carboxylic acids is 1. The molecule has 1 N–H and O–H groups in total. The second-order valence-electron chi connectivity index (χ2n) is 6.10. The quantitative estimate of drug-likeness (QED) is 0.789. The fourth-order valence-electron chi connectivity index (χ4n) is 2.71. The summed E-state index contributed by atoms with van der Waals surface area (Å²) in [6.45, 7) is 9.18. The van der Waals surface area contributed by atoms with Gasteiger partial charge in [-0.3, -0.25) is 4.79 Å². The van der Waals surface area contributed by atoms with Gasteiger partial charge >= 0.3 is 0 Å². The monoisotopic (exact) mass is 240 g/mol. The molecule has 98 valence electrons. The molecule has 1 aliphatic carbocycles. The fraction of sp³-hybridized carbons (Fsp3) is 0.846. The molecule has 0 radical (unpaired) electrons. The van der Waals surface area contributed by atoms with Crippen LogP contribution in [0.5, 0.6) is 0 Å². The van der Waals surface area contributed by atoms with Crippen molar-refractivity contribution < 1.29 is 14.7 Å². The van der Waals surface area contributed by atoms with Gasteiger partial charge in [-0.05, 0) is 32.1 Å². The van der Waals surface area contributed by atoms with E-state index in [9.17, 15) is 14.7 Å². The van der Waals surface area contributed by atoms with E-state index in [2.05, 4.69) is 5.32 Å². The Morgan fingerprint density at radius 2 is 1.82 bits per heavy atom. The molecule has 0 saturated heterocycles. The highest BCUT2D eigenvalue weighted by Crippen LogP contribution is 2.55. The number of carboxylic acid groups (broad SMARTS) is 1. The maximum Gasteiger partial charge on any atom is 0.223 e. The molecular weight excluding hydrogens is 218 g/mol. The minimum absolute atomic E-state index is 0.0463. The molecule has 4 nitrogen and oxygen atoms in total. The minimum Gasteiger partial charge on any atom is -0.550 e. The van der Waals surface area contributed by atoms with Gasteiger partial charge in [-0.1, -0.05) is 20.8 Å². The first-order valence-corrected chi connectivity index (χ1v) is 6.14. The van der Waals surface area contributed by atoms with E-state index in [4.69, 9.17) is 0 Å². The predicted molar refractivity (Wildman–Crippen MR) is 62.9 cm³/mol. The first-order chi connectivity index (χ1) is 7.63. The Morgan fingerprint density at radius 1 is 1.29 bits per heavy atom. The van der Waals surface area contributed by atoms with Gasteiger partial charge in [0.2, 0.25) is 5.91 Å². The van der Waals surface area contributed by atoms with E-state index in [1.165, 1.54) is 0 Å². The number of hydrogen-bond donors (Lipinski definition) is 1. The van der Waals surface area contributed by atoms with Gasteiger partial charge in [0.05, 0.1) is 0 Å². The molecule has 0 aromatic heterocycles. The molecular formula is C13H22NO3-. The lowest BCUT2D eigenvalue weighted by atomic mass is 9.65. The average molecular weight is 240 g/mol. The van der Waals surface area contributed by atoms with Gasteiger partial charge in [-0.15, -0.1) is 0 Å². The summed E-state index contributed by atoms with van der Waals surface area (Å²) in [7, 11) is 0. The predicted octanol–water partition coefficient (Wildman–Crippen LogP) is 0.703. The van der Waals surface area contributed by atoms with Crippen molar-refractivity contribution in [3.63, 3.8) is 0 Å². The summed E-state index contributed by atoms with van der Waals surface area (Å²) < 4.78 is 0. The fourth-order valence-corrected chi connectivity index (χ4v) is 2.71. The third kappa shape index (κ3) is 2.17. The molecule has 0 unspecified atom stereocenters. The Balaban J connectivity index is 2.93. The van der Waals surface area contributed by atoms with E-state index >= 15 is 0 Å². The lowest BCUT2D eigenvalue weighted by Gasteiger charge is -2.42. The van der Waals surface area contributed by atoms with Crippen LogP contribution in [-0.4, -0.2) is 17.9 Å². The van der Waals surface area contributed by atoms with Crippen molar-refractivity contribution in [1.29, 1.82) is 0 Å². The van der Waals surface area contributed by atoms with E-state index in [-0.39, 0.29) is 17.9 Å². The summed E-state index contributed by atoms with van der Waals surface area (Å²) in [5.74, 6) is -1.36. The molecule has 1 amide bonds. The third-order valence-corrected chi connectivity index (χ3v) is 4.42. The molecule has 0 bridgehead atoms. The SMILES string of the molecule is CC(C)NC(=O)[C@@H]1CC[C@](C)(C(=O)[O-])C1(C)C. The Kier molecular flexibility index (Phi) is 3.55. The number of nitrogens with one attached hydrogen (secondary N) is 1. The molecule has 0 aromatic carbocycles. The number of rotatable bonds is 3. The second kappa shape index (κ2) is 4.31. The van der Waals surface area contributed by atoms with Crippen LogP contribution >= 0.6 is 0 Å². The molecule has 4 heteroatoms. The van der Waals surface area contributed by atoms with Crippen LogP contribution < -0.4 is 10.4 Å². The van der Waals surface area contributed by atoms with Crippen LogP contribution in [0.4, 0.5) is 0 Å². The highest BCUT2D eigenvalue weighted by molar-refractivity contribution is 5.83. The van der Waals surface area contributed by atoms with Crippen molar-refractivity contribution in [1.82, 2.24) is 5.32 Å². The number of amides is 1. The molecule has 0 spiro atoms. The average Bonchev–Trinajstić information content (AvgIpc) is 2.38. The van der Waals surface area contributed by atoms with E-state index < -0.39 is 16.8 Å². The number of hydrogen-bond acceptors (Lipinski definition) is 3. The van der Waals surface area contributed by atoms with Crippen LogP contribution in [-0.2, 0) is 9.59 Å². The Hall–Kier alpha value is -1.06. The number of carbonyl (C=O) groups is 2. The maximum absolute atomic E-state index is 12.1. The summed E-state index contributed by atoms with van der Waals surface area (Å²) in [4.78, 5) is 23.3. The Morgan fingerprint density at radius 3 is 2.18 bits per heavy atom. The minimum atomic E-state index is -1.05. The highest BCUT2D eigenvalue weighted by Gasteiger charge is 2.54. The molecule has 2 atom stereocenters. The van der Waals surface area contributed by atoms with Gasteiger partial charge in [0.15, 0.2) is 0 Å². The van der Waals surface area contributed by atoms with Crippen molar-refractivity contribution in [2.75, 3.05) is 0 Å². The summed E-state index contributed by atoms with van der Waals surface area (Å²) in [5, 5.41) is 14.2. The van der Waals surface area contributed by atoms with Crippen LogP contribution in [0.1, 0.15) is 47.5 Å². The summed E-state index contributed by atoms with van der Waals surface area (Å²) >= 11 is 0. The third-order valence-electron chi connectivity index (χ3n) is 4.42. The number of carbonyl (C=O) groups excluding carboxylic acids is 2. The highest BCUT2D eigenvalue weighted by atomic mass is 16.4. The standard InChI is InChI=1S/C13H23NO3/c1-8(2)14-10(15)9-6-7-13(5,11(16)17)12(9,3)4/h8-9H,6-7H2,1-5H3,(H,14,15)(H,16,17)/p-1/t9-,13+/m0/s1. The largest absolute Gasteiger partial charge is 0.550 e. The van der Waals surface area contributed by atoms with E-state index in [1.807, 2.05) is 27.7 Å². The normalized spacial score (nSPS) is 31.5. The van der Waals surface area contributed by atoms with Gasteiger partial charge in [0.25, 0.3) is 0 Å². The van der Waals surface area contributed by atoms with Crippen molar-refractivity contribution in [3.05, 3.63) is 0 Å². The van der Waals surface area contributed by atoms with Gasteiger partial charge in [-0.2, -0.15) is 0 Å². The summed E-state index contributed by atoms with van der Waals surface area (Å²) in [6, 6.07) is 0.0770. The van der Waals surface area contributed by atoms with Crippen LogP contribution in [0.25, 0.3) is 0 Å². The Labute approximate surface area is 103 Å². The second-order valence-corrected chi connectivity index (χ2v) is 6.10. The molecule has 1 saturated carbocycles. The molecule has 0 heterocycles. The smallest absolute Gasteiger partial charge is 0.223 e. The van der Waals surface area contributed by atoms with Gasteiger partial charge in [0.1, 0.15) is 0 Å². The zero-order chi connectivity index (χ0) is 13.4. The lowest BCUT2D eigenvalue weighted by Crippen LogP contribution is -2.51. The van der Waals surface area contributed by atoms with Gasteiger partial charge in [0, 0.05) is 23.3 Å². The number of carboxylic acids is 1. The summed E-state index contributed by atoms with van der Waals surface area (Å²) in [6.07, 6.45) is 1.11. The van der Waals surface area contributed by atoms with Crippen LogP contribution in [0.3, 0.4) is 0 Å². The molecule has 0 aromatic rings. The van der Waals surface area contributed by atoms with Crippen molar-refractivity contribution in [3.8, 4) is 0 Å². The zero-order valence-corrected chi connectivity index (χ0v) is 11.3. The Bertz CT molecular complexity index is 336. The molecule has 17 heavy (non-hydrogen) atoms. The van der Waals surface area contributed by atoms with Crippen LogP contribution in [0.2, 0.25) is 0 Å². The molecule has 0 aliphatic heterocycles. The van der Waals surface area contributed by atoms with Gasteiger partial charge in [-0.25, -0.2) is 0 Å². The first-order valence-electron chi connectivity index (χ1n) is 6.14.